The van der Waals surface area contributed by atoms with Crippen molar-refractivity contribution in [1.29, 1.82) is 0 Å². The van der Waals surface area contributed by atoms with E-state index in [4.69, 9.17) is 16.3 Å². The van der Waals surface area contributed by atoms with Gasteiger partial charge in [-0.05, 0) is 31.5 Å². The van der Waals surface area contributed by atoms with Gasteiger partial charge in [-0.3, -0.25) is 4.79 Å². The van der Waals surface area contributed by atoms with Crippen molar-refractivity contribution in [3.8, 4) is 0 Å². The highest BCUT2D eigenvalue weighted by atomic mass is 35.5. The fourth-order valence-electron chi connectivity index (χ4n) is 1.28. The number of esters is 1. The molecule has 1 rings (SSSR count). The summed E-state index contributed by atoms with van der Waals surface area (Å²) in [6.07, 6.45) is 0.689. The summed E-state index contributed by atoms with van der Waals surface area (Å²) in [7, 11) is 0. The highest BCUT2D eigenvalue weighted by molar-refractivity contribution is 6.34. The molecule has 0 aromatic heterocycles. The van der Waals surface area contributed by atoms with Crippen LogP contribution in [0.15, 0.2) is 12.1 Å². The zero-order chi connectivity index (χ0) is 11.4. The number of hydrogen-bond donors (Lipinski definition) is 0. The lowest BCUT2D eigenvalue weighted by molar-refractivity contribution is 0.0525. The first-order valence-electron chi connectivity index (χ1n) is 4.53. The van der Waals surface area contributed by atoms with Crippen LogP contribution in [0.2, 0.25) is 5.02 Å². The Hall–Kier alpha value is -1.35. The molecule has 0 amide bonds. The SMILES string of the molecule is CCOC(=O)c1c(Cl)ccc(C=O)c1C. The second kappa shape index (κ2) is 4.94. The number of hydrogen-bond acceptors (Lipinski definition) is 3. The molecule has 0 N–H and O–H groups in total. The number of carbonyl (C=O) groups excluding carboxylic acids is 2. The van der Waals surface area contributed by atoms with Gasteiger partial charge in [0.1, 0.15) is 6.29 Å². The molecule has 0 heterocycles. The van der Waals surface area contributed by atoms with E-state index in [0.717, 1.165) is 0 Å². The molecule has 1 aromatic carbocycles. The third kappa shape index (κ3) is 2.36. The van der Waals surface area contributed by atoms with E-state index in [1.165, 1.54) is 6.07 Å². The van der Waals surface area contributed by atoms with E-state index < -0.39 is 5.97 Å². The monoisotopic (exact) mass is 226 g/mol. The third-order valence-corrected chi connectivity index (χ3v) is 2.38. The lowest BCUT2D eigenvalue weighted by Crippen LogP contribution is -2.09. The lowest BCUT2D eigenvalue weighted by atomic mass is 10.0. The molecule has 15 heavy (non-hydrogen) atoms. The predicted octanol–water partition coefficient (Wildman–Crippen LogP) is 2.64. The van der Waals surface area contributed by atoms with Gasteiger partial charge in [-0.25, -0.2) is 4.79 Å². The van der Waals surface area contributed by atoms with Gasteiger partial charge in [-0.15, -0.1) is 0 Å². The summed E-state index contributed by atoms with van der Waals surface area (Å²) in [6.45, 7) is 3.66. The molecule has 4 heteroatoms. The van der Waals surface area contributed by atoms with Crippen LogP contribution in [0.4, 0.5) is 0 Å². The molecule has 0 saturated heterocycles. The van der Waals surface area contributed by atoms with Crippen LogP contribution in [0.1, 0.15) is 33.2 Å². The van der Waals surface area contributed by atoms with Crippen LogP contribution < -0.4 is 0 Å². The summed E-state index contributed by atoms with van der Waals surface area (Å²) < 4.78 is 4.85. The Morgan fingerprint density at radius 1 is 1.53 bits per heavy atom. The molecule has 0 radical (unpaired) electrons. The number of benzene rings is 1. The minimum absolute atomic E-state index is 0.267. The van der Waals surface area contributed by atoms with Gasteiger partial charge in [0, 0.05) is 5.56 Å². The number of halogens is 1. The van der Waals surface area contributed by atoms with E-state index >= 15 is 0 Å². The van der Waals surface area contributed by atoms with Crippen molar-refractivity contribution in [2.45, 2.75) is 13.8 Å². The van der Waals surface area contributed by atoms with Crippen LogP contribution >= 0.6 is 11.6 Å². The molecule has 1 aromatic rings. The van der Waals surface area contributed by atoms with Crippen molar-refractivity contribution < 1.29 is 14.3 Å². The molecular weight excluding hydrogens is 216 g/mol. The molecule has 0 bridgehead atoms. The molecular formula is C11H11ClO3. The highest BCUT2D eigenvalue weighted by Crippen LogP contribution is 2.23. The minimum atomic E-state index is -0.497. The van der Waals surface area contributed by atoms with Gasteiger partial charge in [-0.1, -0.05) is 11.6 Å². The normalized spacial score (nSPS) is 9.80. The molecule has 0 spiro atoms. The van der Waals surface area contributed by atoms with Gasteiger partial charge >= 0.3 is 5.97 Å². The fourth-order valence-corrected chi connectivity index (χ4v) is 1.56. The average Bonchev–Trinajstić information content (AvgIpc) is 2.18. The van der Waals surface area contributed by atoms with Gasteiger partial charge in [-0.2, -0.15) is 0 Å². The molecule has 3 nitrogen and oxygen atoms in total. The first kappa shape index (κ1) is 11.7. The Bertz CT molecular complexity index is 399. The number of ether oxygens (including phenoxy) is 1. The number of rotatable bonds is 3. The van der Waals surface area contributed by atoms with E-state index in [2.05, 4.69) is 0 Å². The zero-order valence-electron chi connectivity index (χ0n) is 8.54. The van der Waals surface area contributed by atoms with Crippen molar-refractivity contribution in [2.75, 3.05) is 6.61 Å². The van der Waals surface area contributed by atoms with Crippen molar-refractivity contribution in [1.82, 2.24) is 0 Å². The maximum Gasteiger partial charge on any atom is 0.339 e. The Morgan fingerprint density at radius 2 is 2.20 bits per heavy atom. The Labute approximate surface area is 93.0 Å². The third-order valence-electron chi connectivity index (χ3n) is 2.06. The van der Waals surface area contributed by atoms with E-state index in [9.17, 15) is 9.59 Å². The smallest absolute Gasteiger partial charge is 0.339 e. The minimum Gasteiger partial charge on any atom is -0.462 e. The van der Waals surface area contributed by atoms with E-state index in [1.54, 1.807) is 19.9 Å². The predicted molar refractivity (Wildman–Crippen MR) is 57.5 cm³/mol. The standard InChI is InChI=1S/C11H11ClO3/c1-3-15-11(14)10-7(2)8(6-13)4-5-9(10)12/h4-6H,3H2,1-2H3. The second-order valence-corrected chi connectivity index (χ2v) is 3.38. The Balaban J connectivity index is 3.26. The number of aldehydes is 1. The molecule has 0 fully saturated rings. The van der Waals surface area contributed by atoms with E-state index in [1.807, 2.05) is 0 Å². The summed E-state index contributed by atoms with van der Waals surface area (Å²) in [5, 5.41) is 0.302. The molecule has 0 unspecified atom stereocenters. The van der Waals surface area contributed by atoms with Gasteiger partial charge in [0.05, 0.1) is 17.2 Å². The van der Waals surface area contributed by atoms with Crippen LogP contribution in [0.5, 0.6) is 0 Å². The Kier molecular flexibility index (Phi) is 3.86. The van der Waals surface area contributed by atoms with Crippen LogP contribution in [-0.4, -0.2) is 18.9 Å². The maximum absolute atomic E-state index is 11.5. The number of carbonyl (C=O) groups is 2. The largest absolute Gasteiger partial charge is 0.462 e. The second-order valence-electron chi connectivity index (χ2n) is 2.97. The van der Waals surface area contributed by atoms with Crippen molar-refractivity contribution in [3.05, 3.63) is 33.8 Å². The maximum atomic E-state index is 11.5. The lowest BCUT2D eigenvalue weighted by Gasteiger charge is -2.08. The zero-order valence-corrected chi connectivity index (χ0v) is 9.30. The molecule has 80 valence electrons. The molecule has 0 saturated carbocycles. The summed E-state index contributed by atoms with van der Waals surface area (Å²) in [6, 6.07) is 3.10. The molecule has 0 aliphatic carbocycles. The summed E-state index contributed by atoms with van der Waals surface area (Å²) in [5.74, 6) is -0.497. The van der Waals surface area contributed by atoms with Crippen LogP contribution in [0.25, 0.3) is 0 Å². The molecule has 0 aliphatic rings. The van der Waals surface area contributed by atoms with E-state index in [-0.39, 0.29) is 12.2 Å². The Morgan fingerprint density at radius 3 is 2.73 bits per heavy atom. The van der Waals surface area contributed by atoms with Gasteiger partial charge in [0.15, 0.2) is 0 Å². The quantitative estimate of drug-likeness (QED) is 0.588. The van der Waals surface area contributed by atoms with Gasteiger partial charge < -0.3 is 4.74 Å². The van der Waals surface area contributed by atoms with Crippen LogP contribution in [0, 0.1) is 6.92 Å². The first-order chi connectivity index (χ1) is 7.11. The van der Waals surface area contributed by atoms with Gasteiger partial charge in [0.2, 0.25) is 0 Å². The van der Waals surface area contributed by atoms with E-state index in [0.29, 0.717) is 22.4 Å². The summed E-state index contributed by atoms with van der Waals surface area (Å²) in [4.78, 5) is 22.2. The van der Waals surface area contributed by atoms with Crippen molar-refractivity contribution in [2.24, 2.45) is 0 Å². The highest BCUT2D eigenvalue weighted by Gasteiger charge is 2.16. The average molecular weight is 227 g/mol. The van der Waals surface area contributed by atoms with Crippen LogP contribution in [-0.2, 0) is 4.74 Å². The topological polar surface area (TPSA) is 43.4 Å². The van der Waals surface area contributed by atoms with Crippen LogP contribution in [0.3, 0.4) is 0 Å². The van der Waals surface area contributed by atoms with Crippen molar-refractivity contribution >= 4 is 23.9 Å². The first-order valence-corrected chi connectivity index (χ1v) is 4.91. The van der Waals surface area contributed by atoms with Gasteiger partial charge in [0.25, 0.3) is 0 Å². The summed E-state index contributed by atoms with van der Waals surface area (Å²) in [5.41, 5.74) is 1.27. The van der Waals surface area contributed by atoms with Crippen molar-refractivity contribution in [3.63, 3.8) is 0 Å². The fraction of sp³-hybridized carbons (Fsp3) is 0.273. The summed E-state index contributed by atoms with van der Waals surface area (Å²) >= 11 is 5.87. The molecule has 0 atom stereocenters. The molecule has 0 aliphatic heterocycles.